The minimum Gasteiger partial charge on any atom is -0.497 e. The van der Waals surface area contributed by atoms with E-state index in [9.17, 15) is 0 Å². The van der Waals surface area contributed by atoms with Crippen molar-refractivity contribution in [2.24, 2.45) is 0 Å². The van der Waals surface area contributed by atoms with E-state index in [4.69, 9.17) is 14.7 Å². The van der Waals surface area contributed by atoms with Crippen molar-refractivity contribution in [3.8, 4) is 17.6 Å². The van der Waals surface area contributed by atoms with E-state index in [1.165, 1.54) is 0 Å². The fraction of sp³-hybridized carbons (Fsp3) is 0.389. The highest BCUT2D eigenvalue weighted by atomic mass is 16.5. The minimum atomic E-state index is 0.159. The van der Waals surface area contributed by atoms with Crippen LogP contribution < -0.4 is 14.4 Å². The molecule has 1 fully saturated rings. The summed E-state index contributed by atoms with van der Waals surface area (Å²) >= 11 is 0. The molecule has 1 aliphatic heterocycles. The van der Waals surface area contributed by atoms with E-state index in [-0.39, 0.29) is 6.04 Å². The van der Waals surface area contributed by atoms with Crippen LogP contribution in [0, 0.1) is 18.3 Å². The van der Waals surface area contributed by atoms with E-state index >= 15 is 0 Å². The van der Waals surface area contributed by atoms with E-state index in [1.807, 2.05) is 25.1 Å². The fourth-order valence-corrected chi connectivity index (χ4v) is 3.21. The molecule has 1 saturated heterocycles. The summed E-state index contributed by atoms with van der Waals surface area (Å²) in [4.78, 5) is 10.9. The van der Waals surface area contributed by atoms with Crippen molar-refractivity contribution >= 4 is 5.82 Å². The number of hydrogen-bond donors (Lipinski definition) is 0. The molecular formula is C18H20N4O2. The first-order valence-electron chi connectivity index (χ1n) is 7.90. The van der Waals surface area contributed by atoms with Crippen molar-refractivity contribution in [2.45, 2.75) is 25.8 Å². The van der Waals surface area contributed by atoms with Crippen LogP contribution in [0.2, 0.25) is 0 Å². The zero-order valence-corrected chi connectivity index (χ0v) is 14.1. The molecule has 0 saturated carbocycles. The third kappa shape index (κ3) is 2.98. The Bertz CT molecular complexity index is 785. The monoisotopic (exact) mass is 324 g/mol. The Labute approximate surface area is 141 Å². The Morgan fingerprint density at radius 3 is 2.75 bits per heavy atom. The number of nitriles is 1. The molecule has 0 N–H and O–H groups in total. The van der Waals surface area contributed by atoms with Gasteiger partial charge in [-0.05, 0) is 31.9 Å². The molecule has 1 unspecified atom stereocenters. The van der Waals surface area contributed by atoms with Crippen LogP contribution in [0.15, 0.2) is 24.3 Å². The standard InChI is InChI=1S/C18H20N4O2/c1-12-20-13(11-19)9-18(21-12)22-8-4-5-16(22)15-7-6-14(23-2)10-17(15)24-3/h6-7,9-10,16H,4-5,8H2,1-3H3. The molecule has 6 heteroatoms. The van der Waals surface area contributed by atoms with Crippen LogP contribution in [-0.4, -0.2) is 30.7 Å². The predicted octanol–water partition coefficient (Wildman–Crippen LogP) is 3.02. The molecule has 0 bridgehead atoms. The molecule has 0 radical (unpaired) electrons. The Morgan fingerprint density at radius 1 is 1.21 bits per heavy atom. The second-order valence-corrected chi connectivity index (χ2v) is 5.73. The second-order valence-electron chi connectivity index (χ2n) is 5.73. The Hall–Kier alpha value is -2.81. The molecule has 1 aliphatic rings. The van der Waals surface area contributed by atoms with Crippen molar-refractivity contribution in [3.05, 3.63) is 41.3 Å². The predicted molar refractivity (Wildman–Crippen MR) is 90.4 cm³/mol. The normalized spacial score (nSPS) is 16.8. The molecule has 0 aliphatic carbocycles. The topological polar surface area (TPSA) is 71.3 Å². The van der Waals surface area contributed by atoms with E-state index in [0.717, 1.165) is 42.3 Å². The first-order valence-corrected chi connectivity index (χ1v) is 7.90. The number of nitrogens with zero attached hydrogens (tertiary/aromatic N) is 4. The molecule has 0 amide bonds. The van der Waals surface area contributed by atoms with E-state index in [1.54, 1.807) is 20.3 Å². The zero-order valence-electron chi connectivity index (χ0n) is 14.1. The minimum absolute atomic E-state index is 0.159. The van der Waals surface area contributed by atoms with Gasteiger partial charge in [0.15, 0.2) is 0 Å². The van der Waals surface area contributed by atoms with Gasteiger partial charge in [-0.15, -0.1) is 0 Å². The number of aromatic nitrogens is 2. The summed E-state index contributed by atoms with van der Waals surface area (Å²) in [5.41, 5.74) is 1.50. The van der Waals surface area contributed by atoms with Crippen LogP contribution in [0.25, 0.3) is 0 Å². The van der Waals surface area contributed by atoms with Crippen LogP contribution in [0.4, 0.5) is 5.82 Å². The molecule has 1 aromatic heterocycles. The van der Waals surface area contributed by atoms with Gasteiger partial charge < -0.3 is 14.4 Å². The quantitative estimate of drug-likeness (QED) is 0.861. The van der Waals surface area contributed by atoms with Gasteiger partial charge >= 0.3 is 0 Å². The van der Waals surface area contributed by atoms with Crippen molar-refractivity contribution in [1.82, 2.24) is 9.97 Å². The first kappa shape index (κ1) is 16.1. The lowest BCUT2D eigenvalue weighted by Crippen LogP contribution is -2.24. The summed E-state index contributed by atoms with van der Waals surface area (Å²) in [6, 6.07) is 9.90. The molecule has 24 heavy (non-hydrogen) atoms. The van der Waals surface area contributed by atoms with Crippen molar-refractivity contribution in [1.29, 1.82) is 5.26 Å². The highest BCUT2D eigenvalue weighted by Crippen LogP contribution is 2.40. The number of ether oxygens (including phenoxy) is 2. The number of benzene rings is 1. The Kier molecular flexibility index (Phi) is 4.52. The maximum Gasteiger partial charge on any atom is 0.146 e. The molecule has 3 rings (SSSR count). The van der Waals surface area contributed by atoms with Crippen LogP contribution in [0.3, 0.4) is 0 Å². The summed E-state index contributed by atoms with van der Waals surface area (Å²) in [5.74, 6) is 2.97. The van der Waals surface area contributed by atoms with Crippen molar-refractivity contribution in [2.75, 3.05) is 25.7 Å². The van der Waals surface area contributed by atoms with Crippen LogP contribution >= 0.6 is 0 Å². The number of hydrogen-bond acceptors (Lipinski definition) is 6. The molecule has 0 spiro atoms. The lowest BCUT2D eigenvalue weighted by atomic mass is 10.0. The summed E-state index contributed by atoms with van der Waals surface area (Å²) < 4.78 is 10.8. The summed E-state index contributed by atoms with van der Waals surface area (Å²) in [5, 5.41) is 9.16. The molecule has 2 aromatic rings. The first-order chi connectivity index (χ1) is 11.7. The van der Waals surface area contributed by atoms with Crippen LogP contribution in [-0.2, 0) is 0 Å². The van der Waals surface area contributed by atoms with E-state index in [0.29, 0.717) is 11.5 Å². The number of rotatable bonds is 4. The number of aryl methyl sites for hydroxylation is 1. The van der Waals surface area contributed by atoms with Crippen molar-refractivity contribution < 1.29 is 9.47 Å². The summed E-state index contributed by atoms with van der Waals surface area (Å²) in [6.07, 6.45) is 2.07. The van der Waals surface area contributed by atoms with E-state index in [2.05, 4.69) is 20.9 Å². The maximum absolute atomic E-state index is 9.16. The lowest BCUT2D eigenvalue weighted by molar-refractivity contribution is 0.388. The Morgan fingerprint density at radius 2 is 2.04 bits per heavy atom. The van der Waals surface area contributed by atoms with Crippen LogP contribution in [0.5, 0.6) is 11.5 Å². The van der Waals surface area contributed by atoms with Gasteiger partial charge in [-0.3, -0.25) is 0 Å². The summed E-state index contributed by atoms with van der Waals surface area (Å²) in [6.45, 7) is 2.70. The van der Waals surface area contributed by atoms with Gasteiger partial charge in [0.05, 0.1) is 20.3 Å². The van der Waals surface area contributed by atoms with Crippen molar-refractivity contribution in [3.63, 3.8) is 0 Å². The molecule has 6 nitrogen and oxygen atoms in total. The maximum atomic E-state index is 9.16. The van der Waals surface area contributed by atoms with Gasteiger partial charge in [0, 0.05) is 24.2 Å². The van der Waals surface area contributed by atoms with Gasteiger partial charge in [0.25, 0.3) is 0 Å². The third-order valence-corrected chi connectivity index (χ3v) is 4.29. The molecular weight excluding hydrogens is 304 g/mol. The zero-order chi connectivity index (χ0) is 17.1. The highest BCUT2D eigenvalue weighted by molar-refractivity contribution is 5.51. The SMILES string of the molecule is COc1ccc(C2CCCN2c2cc(C#N)nc(C)n2)c(OC)c1. The smallest absolute Gasteiger partial charge is 0.146 e. The average Bonchev–Trinajstić information content (AvgIpc) is 3.10. The summed E-state index contributed by atoms with van der Waals surface area (Å²) in [7, 11) is 3.31. The fourth-order valence-electron chi connectivity index (χ4n) is 3.21. The van der Waals surface area contributed by atoms with Crippen LogP contribution in [0.1, 0.15) is 36.0 Å². The molecule has 1 aromatic carbocycles. The van der Waals surface area contributed by atoms with E-state index < -0.39 is 0 Å². The Balaban J connectivity index is 2.00. The molecule has 2 heterocycles. The van der Waals surface area contributed by atoms with Gasteiger partial charge in [-0.2, -0.15) is 5.26 Å². The average molecular weight is 324 g/mol. The number of methoxy groups -OCH3 is 2. The van der Waals surface area contributed by atoms with Gasteiger partial charge in [-0.1, -0.05) is 0 Å². The van der Waals surface area contributed by atoms with Gasteiger partial charge in [-0.25, -0.2) is 9.97 Å². The lowest BCUT2D eigenvalue weighted by Gasteiger charge is -2.27. The van der Waals surface area contributed by atoms with Gasteiger partial charge in [0.1, 0.15) is 34.9 Å². The van der Waals surface area contributed by atoms with Gasteiger partial charge in [0.2, 0.25) is 0 Å². The largest absolute Gasteiger partial charge is 0.497 e. The molecule has 124 valence electrons. The molecule has 1 atom stereocenters. The number of anilines is 1. The second kappa shape index (κ2) is 6.75. The highest BCUT2D eigenvalue weighted by Gasteiger charge is 2.30. The third-order valence-electron chi connectivity index (χ3n) is 4.29.